The van der Waals surface area contributed by atoms with Crippen molar-refractivity contribution in [1.29, 1.82) is 0 Å². The predicted molar refractivity (Wildman–Crippen MR) is 85.1 cm³/mol. The van der Waals surface area contributed by atoms with E-state index in [4.69, 9.17) is 5.11 Å². The molecule has 0 saturated heterocycles. The molecule has 2 aromatic heterocycles. The van der Waals surface area contributed by atoms with Crippen molar-refractivity contribution in [3.63, 3.8) is 0 Å². The third-order valence-electron chi connectivity index (χ3n) is 3.39. The van der Waals surface area contributed by atoms with E-state index < -0.39 is 12.0 Å². The van der Waals surface area contributed by atoms with Crippen LogP contribution in [0.4, 0.5) is 0 Å². The highest BCUT2D eigenvalue weighted by Gasteiger charge is 2.20. The third kappa shape index (κ3) is 3.01. The number of hydrogen-bond acceptors (Lipinski definition) is 3. The number of carboxylic acids is 1. The van der Waals surface area contributed by atoms with Crippen LogP contribution in [-0.2, 0) is 4.79 Å². The molecule has 1 unspecified atom stereocenters. The standard InChI is InChI=1S/C16H14N2O3S/c19-15(20)9-13(14-2-1-7-22-14)18-16(21)11-4-3-10-5-6-17-12(10)8-11/h1-8,13,17H,9H2,(H,18,21)(H,19,20). The molecule has 3 N–H and O–H groups in total. The van der Waals surface area contributed by atoms with Crippen molar-refractivity contribution in [2.24, 2.45) is 0 Å². The van der Waals surface area contributed by atoms with Gasteiger partial charge in [-0.1, -0.05) is 12.1 Å². The number of aromatic nitrogens is 1. The molecule has 22 heavy (non-hydrogen) atoms. The molecule has 0 aliphatic carbocycles. The molecule has 2 heterocycles. The lowest BCUT2D eigenvalue weighted by Crippen LogP contribution is -2.29. The molecule has 0 fully saturated rings. The van der Waals surface area contributed by atoms with Gasteiger partial charge in [0.15, 0.2) is 0 Å². The van der Waals surface area contributed by atoms with Crippen molar-refractivity contribution >= 4 is 34.1 Å². The number of carbonyl (C=O) groups is 2. The van der Waals surface area contributed by atoms with Crippen LogP contribution in [0.2, 0.25) is 0 Å². The second kappa shape index (κ2) is 6.03. The molecule has 5 nitrogen and oxygen atoms in total. The average Bonchev–Trinajstić information content (AvgIpc) is 3.16. The molecular weight excluding hydrogens is 300 g/mol. The molecule has 0 spiro atoms. The van der Waals surface area contributed by atoms with Crippen LogP contribution >= 0.6 is 11.3 Å². The molecule has 3 aromatic rings. The van der Waals surface area contributed by atoms with Crippen molar-refractivity contribution in [1.82, 2.24) is 10.3 Å². The molecule has 6 heteroatoms. The predicted octanol–water partition coefficient (Wildman–Crippen LogP) is 3.18. The number of carboxylic acid groups (broad SMARTS) is 1. The summed E-state index contributed by atoms with van der Waals surface area (Å²) in [4.78, 5) is 27.3. The summed E-state index contributed by atoms with van der Waals surface area (Å²) in [6.45, 7) is 0. The van der Waals surface area contributed by atoms with Crippen LogP contribution in [0.5, 0.6) is 0 Å². The number of thiophene rings is 1. The van der Waals surface area contributed by atoms with E-state index in [9.17, 15) is 9.59 Å². The molecular formula is C16H14N2O3S. The SMILES string of the molecule is O=C(O)CC(NC(=O)c1ccc2cc[nH]c2c1)c1cccs1. The lowest BCUT2D eigenvalue weighted by atomic mass is 10.1. The van der Waals surface area contributed by atoms with Gasteiger partial charge in [0.1, 0.15) is 0 Å². The fraction of sp³-hybridized carbons (Fsp3) is 0.125. The average molecular weight is 314 g/mol. The van der Waals surface area contributed by atoms with Crippen molar-refractivity contribution in [2.75, 3.05) is 0 Å². The van der Waals surface area contributed by atoms with Crippen LogP contribution in [-0.4, -0.2) is 22.0 Å². The number of fused-ring (bicyclic) bond motifs is 1. The number of amides is 1. The lowest BCUT2D eigenvalue weighted by Gasteiger charge is -2.15. The summed E-state index contributed by atoms with van der Waals surface area (Å²) < 4.78 is 0. The smallest absolute Gasteiger partial charge is 0.305 e. The van der Waals surface area contributed by atoms with E-state index in [0.717, 1.165) is 15.8 Å². The molecule has 0 radical (unpaired) electrons. The number of nitrogens with one attached hydrogen (secondary N) is 2. The van der Waals surface area contributed by atoms with E-state index in [1.165, 1.54) is 11.3 Å². The summed E-state index contributed by atoms with van der Waals surface area (Å²) in [6.07, 6.45) is 1.67. The number of H-pyrrole nitrogens is 1. The molecule has 3 rings (SSSR count). The number of aliphatic carboxylic acids is 1. The fourth-order valence-electron chi connectivity index (χ4n) is 2.32. The zero-order valence-electron chi connectivity index (χ0n) is 11.6. The number of rotatable bonds is 5. The number of carbonyl (C=O) groups excluding carboxylic acids is 1. The summed E-state index contributed by atoms with van der Waals surface area (Å²) in [5.74, 6) is -1.23. The highest BCUT2D eigenvalue weighted by molar-refractivity contribution is 7.10. The maximum Gasteiger partial charge on any atom is 0.305 e. The Morgan fingerprint density at radius 2 is 2.14 bits per heavy atom. The van der Waals surface area contributed by atoms with Crippen LogP contribution in [0.15, 0.2) is 48.0 Å². The van der Waals surface area contributed by atoms with E-state index >= 15 is 0 Å². The van der Waals surface area contributed by atoms with Gasteiger partial charge in [-0.3, -0.25) is 9.59 Å². The van der Waals surface area contributed by atoms with Gasteiger partial charge < -0.3 is 15.4 Å². The Morgan fingerprint density at radius 1 is 1.27 bits per heavy atom. The molecule has 0 saturated carbocycles. The largest absolute Gasteiger partial charge is 0.481 e. The first-order valence-electron chi connectivity index (χ1n) is 6.76. The molecule has 1 aromatic carbocycles. The van der Waals surface area contributed by atoms with Crippen LogP contribution in [0.3, 0.4) is 0 Å². The van der Waals surface area contributed by atoms with Gasteiger partial charge in [0.2, 0.25) is 0 Å². The van der Waals surface area contributed by atoms with Crippen molar-refractivity contribution < 1.29 is 14.7 Å². The quantitative estimate of drug-likeness (QED) is 0.676. The Bertz CT molecular complexity index is 808. The van der Waals surface area contributed by atoms with Gasteiger partial charge in [-0.15, -0.1) is 11.3 Å². The maximum atomic E-state index is 12.4. The van der Waals surface area contributed by atoms with Crippen molar-refractivity contribution in [3.05, 3.63) is 58.4 Å². The summed E-state index contributed by atoms with van der Waals surface area (Å²) in [5, 5.41) is 14.7. The van der Waals surface area contributed by atoms with E-state index in [2.05, 4.69) is 10.3 Å². The minimum absolute atomic E-state index is 0.142. The summed E-state index contributed by atoms with van der Waals surface area (Å²) >= 11 is 1.43. The summed E-state index contributed by atoms with van der Waals surface area (Å²) in [5.41, 5.74) is 1.38. The van der Waals surface area contributed by atoms with E-state index in [-0.39, 0.29) is 12.3 Å². The highest BCUT2D eigenvalue weighted by Crippen LogP contribution is 2.23. The van der Waals surface area contributed by atoms with Gasteiger partial charge in [0.05, 0.1) is 12.5 Å². The normalized spacial score (nSPS) is 12.2. The Labute approximate surface area is 130 Å². The lowest BCUT2D eigenvalue weighted by molar-refractivity contribution is -0.137. The van der Waals surface area contributed by atoms with E-state index in [0.29, 0.717) is 5.56 Å². The van der Waals surface area contributed by atoms with Gasteiger partial charge >= 0.3 is 5.97 Å². The highest BCUT2D eigenvalue weighted by atomic mass is 32.1. The monoisotopic (exact) mass is 314 g/mol. The van der Waals surface area contributed by atoms with E-state index in [1.807, 2.05) is 35.8 Å². The Morgan fingerprint density at radius 3 is 2.86 bits per heavy atom. The molecule has 0 aliphatic rings. The zero-order chi connectivity index (χ0) is 15.5. The van der Waals surface area contributed by atoms with Crippen LogP contribution in [0.25, 0.3) is 10.9 Å². The first-order chi connectivity index (χ1) is 10.6. The molecule has 112 valence electrons. The zero-order valence-corrected chi connectivity index (χ0v) is 12.4. The fourth-order valence-corrected chi connectivity index (χ4v) is 3.10. The third-order valence-corrected chi connectivity index (χ3v) is 4.37. The van der Waals surface area contributed by atoms with Gasteiger partial charge in [-0.05, 0) is 35.0 Å². The number of benzene rings is 1. The molecule has 0 bridgehead atoms. The van der Waals surface area contributed by atoms with Crippen LogP contribution in [0.1, 0.15) is 27.7 Å². The topological polar surface area (TPSA) is 82.2 Å². The molecule has 0 aliphatic heterocycles. The first-order valence-corrected chi connectivity index (χ1v) is 7.64. The Kier molecular flexibility index (Phi) is 3.93. The summed E-state index contributed by atoms with van der Waals surface area (Å²) in [7, 11) is 0. The van der Waals surface area contributed by atoms with Crippen LogP contribution in [0, 0.1) is 0 Å². The maximum absolute atomic E-state index is 12.4. The molecule has 1 atom stereocenters. The minimum atomic E-state index is -0.946. The van der Waals surface area contributed by atoms with E-state index in [1.54, 1.807) is 12.1 Å². The van der Waals surface area contributed by atoms with Gasteiger partial charge in [0, 0.05) is 22.2 Å². The number of aromatic amines is 1. The Hall–Kier alpha value is -2.60. The van der Waals surface area contributed by atoms with Gasteiger partial charge in [-0.25, -0.2) is 0 Å². The van der Waals surface area contributed by atoms with Crippen LogP contribution < -0.4 is 5.32 Å². The second-order valence-electron chi connectivity index (χ2n) is 4.92. The Balaban J connectivity index is 1.82. The summed E-state index contributed by atoms with van der Waals surface area (Å²) in [6, 6.07) is 10.4. The van der Waals surface area contributed by atoms with Crippen molar-refractivity contribution in [2.45, 2.75) is 12.5 Å². The van der Waals surface area contributed by atoms with Gasteiger partial charge in [-0.2, -0.15) is 0 Å². The minimum Gasteiger partial charge on any atom is -0.481 e. The van der Waals surface area contributed by atoms with Crippen molar-refractivity contribution in [3.8, 4) is 0 Å². The second-order valence-corrected chi connectivity index (χ2v) is 5.90. The molecule has 1 amide bonds. The first kappa shape index (κ1) is 14.3. The number of hydrogen-bond donors (Lipinski definition) is 3. The van der Waals surface area contributed by atoms with Gasteiger partial charge in [0.25, 0.3) is 5.91 Å².